The molecular formula is C24H24N2O2. The van der Waals surface area contributed by atoms with Crippen LogP contribution in [0.4, 0.5) is 0 Å². The molecule has 142 valence electrons. The van der Waals surface area contributed by atoms with E-state index in [9.17, 15) is 4.79 Å². The molecule has 0 spiro atoms. The van der Waals surface area contributed by atoms with Crippen LogP contribution < -0.4 is 10.1 Å². The van der Waals surface area contributed by atoms with Crippen LogP contribution in [0.15, 0.2) is 55.2 Å². The van der Waals surface area contributed by atoms with Crippen molar-refractivity contribution < 1.29 is 9.53 Å². The molecule has 0 radical (unpaired) electrons. The van der Waals surface area contributed by atoms with E-state index in [1.54, 1.807) is 19.4 Å². The largest absolute Gasteiger partial charge is 0.497 e. The van der Waals surface area contributed by atoms with Crippen LogP contribution in [0.5, 0.6) is 5.75 Å². The van der Waals surface area contributed by atoms with Crippen molar-refractivity contribution in [2.45, 2.75) is 32.2 Å². The van der Waals surface area contributed by atoms with E-state index in [-0.39, 0.29) is 11.4 Å². The van der Waals surface area contributed by atoms with Crippen molar-refractivity contribution in [3.05, 3.63) is 77.5 Å². The fourth-order valence-electron chi connectivity index (χ4n) is 3.67. The summed E-state index contributed by atoms with van der Waals surface area (Å²) in [6.45, 7) is 8.02. The minimum Gasteiger partial charge on any atom is -0.497 e. The van der Waals surface area contributed by atoms with Gasteiger partial charge in [-0.1, -0.05) is 24.3 Å². The highest BCUT2D eigenvalue weighted by molar-refractivity contribution is 5.97. The first-order chi connectivity index (χ1) is 13.4. The van der Waals surface area contributed by atoms with Gasteiger partial charge in [-0.15, -0.1) is 0 Å². The number of benzene rings is 2. The number of carbonyl (C=O) groups is 1. The molecule has 1 saturated carbocycles. The van der Waals surface area contributed by atoms with Gasteiger partial charge >= 0.3 is 0 Å². The minimum absolute atomic E-state index is 0.0772. The molecule has 1 N–H and O–H groups in total. The second-order valence-electron chi connectivity index (χ2n) is 7.59. The Morgan fingerprint density at radius 3 is 2.68 bits per heavy atom. The summed E-state index contributed by atoms with van der Waals surface area (Å²) in [7, 11) is 1.61. The zero-order valence-corrected chi connectivity index (χ0v) is 16.5. The average Bonchev–Trinajstić information content (AvgIpc) is 3.47. The number of aryl methyl sites for hydroxylation is 1. The number of ether oxygens (including phenoxy) is 1. The second kappa shape index (κ2) is 6.79. The number of rotatable bonds is 5. The number of carbonyl (C=O) groups excluding carboxylic acids is 1. The van der Waals surface area contributed by atoms with Crippen LogP contribution in [0.25, 0.3) is 16.5 Å². The number of nitrogens with one attached hydrogen (secondary N) is 1. The molecule has 3 aromatic rings. The first kappa shape index (κ1) is 18.2. The third-order valence-electron chi connectivity index (χ3n) is 5.52. The molecule has 1 aliphatic carbocycles. The molecule has 28 heavy (non-hydrogen) atoms. The average molecular weight is 372 g/mol. The van der Waals surface area contributed by atoms with Gasteiger partial charge in [0.1, 0.15) is 5.75 Å². The zero-order chi connectivity index (χ0) is 19.9. The molecule has 0 saturated heterocycles. The van der Waals surface area contributed by atoms with Crippen LogP contribution >= 0.6 is 0 Å². The normalized spacial score (nSPS) is 14.5. The first-order valence-electron chi connectivity index (χ1n) is 9.46. The summed E-state index contributed by atoms with van der Waals surface area (Å²) >= 11 is 0. The third kappa shape index (κ3) is 3.15. The molecule has 0 aliphatic heterocycles. The zero-order valence-electron chi connectivity index (χ0n) is 16.5. The number of fused-ring (bicyclic) bond motifs is 1. The van der Waals surface area contributed by atoms with Crippen LogP contribution in [0.2, 0.25) is 0 Å². The molecule has 4 nitrogen and oxygen atoms in total. The molecule has 2 aromatic carbocycles. The number of allylic oxidation sites excluding steroid dienone is 1. The lowest BCUT2D eigenvalue weighted by Gasteiger charge is -2.22. The number of amides is 1. The fourth-order valence-corrected chi connectivity index (χ4v) is 3.67. The Balaban J connectivity index is 1.76. The summed E-state index contributed by atoms with van der Waals surface area (Å²) in [5, 5.41) is 4.38. The highest BCUT2D eigenvalue weighted by atomic mass is 16.5. The maximum atomic E-state index is 13.1. The van der Waals surface area contributed by atoms with Crippen molar-refractivity contribution in [3.8, 4) is 5.75 Å². The summed E-state index contributed by atoms with van der Waals surface area (Å²) in [5.41, 5.74) is 5.29. The lowest BCUT2D eigenvalue weighted by atomic mass is 9.94. The van der Waals surface area contributed by atoms with Crippen LogP contribution in [0.3, 0.4) is 0 Å². The molecule has 4 heteroatoms. The smallest absolute Gasteiger partial charge is 0.252 e. The standard InChI is InChI=1S/C24H24N2O2/c1-15(2)17-12-21(19-6-5-11-25-22(19)13-17)24(9-10-24)26-23(27)20-14-18(28-4)8-7-16(20)3/h5-8,11-14H,1,9-10H2,2-4H3,(H,26,27). The Labute approximate surface area is 165 Å². The van der Waals surface area contributed by atoms with E-state index >= 15 is 0 Å². The molecule has 0 atom stereocenters. The number of nitrogens with zero attached hydrogens (tertiary/aromatic N) is 1. The van der Waals surface area contributed by atoms with Gasteiger partial charge in [-0.3, -0.25) is 9.78 Å². The topological polar surface area (TPSA) is 51.2 Å². The van der Waals surface area contributed by atoms with E-state index < -0.39 is 0 Å². The van der Waals surface area contributed by atoms with Gasteiger partial charge in [0.05, 0.1) is 18.2 Å². The van der Waals surface area contributed by atoms with Crippen LogP contribution in [0, 0.1) is 6.92 Å². The molecule has 1 fully saturated rings. The highest BCUT2D eigenvalue weighted by Gasteiger charge is 2.47. The minimum atomic E-state index is -0.362. The van der Waals surface area contributed by atoms with Gasteiger partial charge in [-0.2, -0.15) is 0 Å². The van der Waals surface area contributed by atoms with Crippen molar-refractivity contribution in [1.82, 2.24) is 10.3 Å². The Hall–Kier alpha value is -3.14. The SMILES string of the molecule is C=C(C)c1cc(C2(NC(=O)c3cc(OC)ccc3C)CC2)c2cccnc2c1. The highest BCUT2D eigenvalue weighted by Crippen LogP contribution is 2.48. The van der Waals surface area contributed by atoms with Crippen LogP contribution in [0.1, 0.15) is 46.8 Å². The summed E-state index contributed by atoms with van der Waals surface area (Å²) < 4.78 is 5.29. The first-order valence-corrected chi connectivity index (χ1v) is 9.46. The van der Waals surface area contributed by atoms with Crippen molar-refractivity contribution in [1.29, 1.82) is 0 Å². The molecule has 0 bridgehead atoms. The lowest BCUT2D eigenvalue weighted by Crippen LogP contribution is -2.35. The van der Waals surface area contributed by atoms with E-state index in [2.05, 4.69) is 35.1 Å². The quantitative estimate of drug-likeness (QED) is 0.685. The van der Waals surface area contributed by atoms with E-state index in [1.165, 1.54) is 0 Å². The number of methoxy groups -OCH3 is 1. The Bertz CT molecular complexity index is 1100. The fraction of sp³-hybridized carbons (Fsp3) is 0.250. The molecular weight excluding hydrogens is 348 g/mol. The Kier molecular flexibility index (Phi) is 4.42. The monoisotopic (exact) mass is 372 g/mol. The number of aromatic nitrogens is 1. The summed E-state index contributed by atoms with van der Waals surface area (Å²) in [5.74, 6) is 0.603. The lowest BCUT2D eigenvalue weighted by molar-refractivity contribution is 0.0930. The maximum absolute atomic E-state index is 13.1. The van der Waals surface area contributed by atoms with Gasteiger partial charge in [-0.05, 0) is 73.7 Å². The third-order valence-corrected chi connectivity index (χ3v) is 5.52. The molecule has 1 heterocycles. The molecule has 1 aromatic heterocycles. The summed E-state index contributed by atoms with van der Waals surface area (Å²) in [6, 6.07) is 13.8. The Morgan fingerprint density at radius 1 is 1.21 bits per heavy atom. The van der Waals surface area contributed by atoms with Gasteiger partial charge in [0.2, 0.25) is 0 Å². The maximum Gasteiger partial charge on any atom is 0.252 e. The van der Waals surface area contributed by atoms with E-state index in [0.717, 1.165) is 46.0 Å². The Morgan fingerprint density at radius 2 is 2.00 bits per heavy atom. The molecule has 0 unspecified atom stereocenters. The van der Waals surface area contributed by atoms with Gasteiger partial charge < -0.3 is 10.1 Å². The van der Waals surface area contributed by atoms with Gasteiger partial charge in [0.25, 0.3) is 5.91 Å². The predicted octanol–water partition coefficient (Wildman–Crippen LogP) is 5.00. The van der Waals surface area contributed by atoms with Crippen molar-refractivity contribution >= 4 is 22.4 Å². The van der Waals surface area contributed by atoms with E-state index in [4.69, 9.17) is 4.74 Å². The second-order valence-corrected chi connectivity index (χ2v) is 7.59. The van der Waals surface area contributed by atoms with Gasteiger partial charge in [-0.25, -0.2) is 0 Å². The number of hydrogen-bond acceptors (Lipinski definition) is 3. The van der Waals surface area contributed by atoms with E-state index in [1.807, 2.05) is 32.0 Å². The molecule has 1 amide bonds. The van der Waals surface area contributed by atoms with Crippen LogP contribution in [-0.4, -0.2) is 18.0 Å². The van der Waals surface area contributed by atoms with E-state index in [0.29, 0.717) is 11.3 Å². The van der Waals surface area contributed by atoms with Crippen molar-refractivity contribution in [2.75, 3.05) is 7.11 Å². The summed E-state index contributed by atoms with van der Waals surface area (Å²) in [4.78, 5) is 17.6. The molecule has 1 aliphatic rings. The van der Waals surface area contributed by atoms with Crippen LogP contribution in [-0.2, 0) is 5.54 Å². The number of hydrogen-bond donors (Lipinski definition) is 1. The summed E-state index contributed by atoms with van der Waals surface area (Å²) in [6.07, 6.45) is 3.61. The van der Waals surface area contributed by atoms with Crippen molar-refractivity contribution in [3.63, 3.8) is 0 Å². The van der Waals surface area contributed by atoms with Crippen molar-refractivity contribution in [2.24, 2.45) is 0 Å². The van der Waals surface area contributed by atoms with Gasteiger partial charge in [0, 0.05) is 17.1 Å². The molecule has 4 rings (SSSR count). The van der Waals surface area contributed by atoms with Gasteiger partial charge in [0.15, 0.2) is 0 Å². The number of pyridine rings is 1. The predicted molar refractivity (Wildman–Crippen MR) is 113 cm³/mol.